The number of benzene rings is 2. The minimum Gasteiger partial charge on any atom is -0.495 e. The highest BCUT2D eigenvalue weighted by molar-refractivity contribution is 5.69. The summed E-state index contributed by atoms with van der Waals surface area (Å²) in [4.78, 5) is 8.99. The number of fused-ring (bicyclic) bond motifs is 1. The first-order valence-corrected chi connectivity index (χ1v) is 11.5. The molecule has 1 unspecified atom stereocenters. The van der Waals surface area contributed by atoms with Crippen molar-refractivity contribution in [3.63, 3.8) is 0 Å². The summed E-state index contributed by atoms with van der Waals surface area (Å²) in [6, 6.07) is 11.9. The fraction of sp³-hybridized carbons (Fsp3) is 0.269. The van der Waals surface area contributed by atoms with E-state index < -0.39 is 6.36 Å². The van der Waals surface area contributed by atoms with Crippen molar-refractivity contribution in [3.8, 4) is 17.2 Å². The number of methoxy groups -OCH3 is 1. The molecule has 0 spiro atoms. The van der Waals surface area contributed by atoms with Gasteiger partial charge in [-0.15, -0.1) is 13.2 Å². The zero-order chi connectivity index (χ0) is 25.3. The summed E-state index contributed by atoms with van der Waals surface area (Å²) >= 11 is 0. The van der Waals surface area contributed by atoms with Crippen LogP contribution in [0.3, 0.4) is 0 Å². The van der Waals surface area contributed by atoms with Gasteiger partial charge in [0, 0.05) is 18.7 Å². The first-order valence-electron chi connectivity index (χ1n) is 11.5. The van der Waals surface area contributed by atoms with Gasteiger partial charge in [0.15, 0.2) is 5.82 Å². The predicted molar refractivity (Wildman–Crippen MR) is 128 cm³/mol. The van der Waals surface area contributed by atoms with Crippen LogP contribution in [0.25, 0.3) is 17.8 Å². The largest absolute Gasteiger partial charge is 0.573 e. The average Bonchev–Trinajstić information content (AvgIpc) is 3.48. The van der Waals surface area contributed by atoms with Gasteiger partial charge in [-0.3, -0.25) is 0 Å². The maximum Gasteiger partial charge on any atom is 0.573 e. The highest BCUT2D eigenvalue weighted by Gasteiger charge is 2.31. The van der Waals surface area contributed by atoms with Crippen LogP contribution >= 0.6 is 0 Å². The molecular weight excluding hydrogens is 471 g/mol. The number of imidazole rings is 1. The molecule has 1 atom stereocenters. The molecule has 1 aliphatic heterocycles. The Morgan fingerprint density at radius 2 is 1.89 bits per heavy atom. The van der Waals surface area contributed by atoms with Crippen molar-refractivity contribution in [2.45, 2.75) is 38.6 Å². The van der Waals surface area contributed by atoms with Crippen LogP contribution in [-0.4, -0.2) is 37.8 Å². The van der Waals surface area contributed by atoms with E-state index in [1.807, 2.05) is 52.7 Å². The molecule has 0 saturated heterocycles. The number of aryl methyl sites for hydroxylation is 2. The van der Waals surface area contributed by atoms with Crippen LogP contribution in [0, 0.1) is 6.92 Å². The first kappa shape index (κ1) is 23.7. The number of halogens is 3. The Balaban J connectivity index is 1.35. The van der Waals surface area contributed by atoms with E-state index in [1.54, 1.807) is 25.6 Å². The molecule has 0 amide bonds. The van der Waals surface area contributed by atoms with E-state index in [2.05, 4.69) is 14.8 Å². The van der Waals surface area contributed by atoms with Gasteiger partial charge in [0.25, 0.3) is 0 Å². The van der Waals surface area contributed by atoms with Crippen molar-refractivity contribution in [1.82, 2.24) is 24.3 Å². The van der Waals surface area contributed by atoms with Crippen molar-refractivity contribution >= 4 is 12.2 Å². The second kappa shape index (κ2) is 9.52. The number of nitrogens with zero attached hydrogens (tertiary/aromatic N) is 5. The first-order chi connectivity index (χ1) is 17.3. The van der Waals surface area contributed by atoms with Crippen LogP contribution in [0.1, 0.15) is 47.2 Å². The standard InChI is InChI=1S/C26H24F3N5O2/c1-17-15-33(16-30-17)22-11-5-18(14-23(22)35-2)6-12-24-31-25-21(4-3-13-34(25)32-24)19-7-9-20(10-8-19)36-26(27,28)29/h5-12,14-16,21H,3-4,13H2,1-2H3. The van der Waals surface area contributed by atoms with Gasteiger partial charge in [-0.25, -0.2) is 14.6 Å². The van der Waals surface area contributed by atoms with Crippen LogP contribution in [0.2, 0.25) is 0 Å². The van der Waals surface area contributed by atoms with Crippen molar-refractivity contribution in [3.05, 3.63) is 83.5 Å². The molecule has 10 heteroatoms. The highest BCUT2D eigenvalue weighted by Crippen LogP contribution is 2.34. The second-order valence-corrected chi connectivity index (χ2v) is 8.55. The lowest BCUT2D eigenvalue weighted by atomic mass is 9.91. The van der Waals surface area contributed by atoms with E-state index in [1.165, 1.54) is 12.1 Å². The van der Waals surface area contributed by atoms with Gasteiger partial charge in [-0.05, 0) is 61.2 Å². The number of alkyl halides is 3. The predicted octanol–water partition coefficient (Wildman–Crippen LogP) is 5.78. The lowest BCUT2D eigenvalue weighted by Gasteiger charge is -2.22. The molecule has 0 aliphatic carbocycles. The molecule has 2 aromatic carbocycles. The maximum atomic E-state index is 12.5. The third-order valence-electron chi connectivity index (χ3n) is 6.03. The summed E-state index contributed by atoms with van der Waals surface area (Å²) in [6.45, 7) is 2.67. The fourth-order valence-corrected chi connectivity index (χ4v) is 4.39. The third-order valence-corrected chi connectivity index (χ3v) is 6.03. The van der Waals surface area contributed by atoms with E-state index in [-0.39, 0.29) is 11.7 Å². The Bertz CT molecular complexity index is 1390. The zero-order valence-electron chi connectivity index (χ0n) is 19.7. The van der Waals surface area contributed by atoms with E-state index in [0.717, 1.165) is 47.7 Å². The Kier molecular flexibility index (Phi) is 6.26. The summed E-state index contributed by atoms with van der Waals surface area (Å²) < 4.78 is 50.8. The molecule has 5 rings (SSSR count). The monoisotopic (exact) mass is 495 g/mol. The summed E-state index contributed by atoms with van der Waals surface area (Å²) in [7, 11) is 1.63. The lowest BCUT2D eigenvalue weighted by Crippen LogP contribution is -2.18. The highest BCUT2D eigenvalue weighted by atomic mass is 19.4. The normalized spacial score (nSPS) is 15.8. The molecule has 0 N–H and O–H groups in total. The van der Waals surface area contributed by atoms with Crippen molar-refractivity contribution in [1.29, 1.82) is 0 Å². The van der Waals surface area contributed by atoms with Gasteiger partial charge < -0.3 is 14.0 Å². The summed E-state index contributed by atoms with van der Waals surface area (Å²) in [5, 5.41) is 4.62. The summed E-state index contributed by atoms with van der Waals surface area (Å²) in [6.07, 6.45) is 4.47. The third kappa shape index (κ3) is 5.12. The minimum atomic E-state index is -4.71. The van der Waals surface area contributed by atoms with Crippen LogP contribution in [0.15, 0.2) is 55.0 Å². The van der Waals surface area contributed by atoms with Gasteiger partial charge in [-0.2, -0.15) is 5.10 Å². The molecule has 36 heavy (non-hydrogen) atoms. The number of hydrogen-bond acceptors (Lipinski definition) is 5. The van der Waals surface area contributed by atoms with Gasteiger partial charge in [-0.1, -0.05) is 24.3 Å². The van der Waals surface area contributed by atoms with Crippen LogP contribution < -0.4 is 9.47 Å². The minimum absolute atomic E-state index is 0.0497. The molecule has 0 saturated carbocycles. The molecule has 4 aromatic rings. The quantitative estimate of drug-likeness (QED) is 0.340. The average molecular weight is 496 g/mol. The maximum absolute atomic E-state index is 12.5. The second-order valence-electron chi connectivity index (χ2n) is 8.55. The number of rotatable bonds is 6. The van der Waals surface area contributed by atoms with E-state index in [4.69, 9.17) is 9.72 Å². The molecule has 3 heterocycles. The van der Waals surface area contributed by atoms with Gasteiger partial charge in [0.1, 0.15) is 17.3 Å². The van der Waals surface area contributed by atoms with Crippen LogP contribution in [0.5, 0.6) is 11.5 Å². The summed E-state index contributed by atoms with van der Waals surface area (Å²) in [5.41, 5.74) is 3.61. The smallest absolute Gasteiger partial charge is 0.495 e. The molecule has 186 valence electrons. The van der Waals surface area contributed by atoms with Crippen LogP contribution in [0.4, 0.5) is 13.2 Å². The Morgan fingerprint density at radius 1 is 1.08 bits per heavy atom. The molecule has 0 bridgehead atoms. The number of hydrogen-bond donors (Lipinski definition) is 0. The molecule has 2 aromatic heterocycles. The van der Waals surface area contributed by atoms with E-state index in [0.29, 0.717) is 11.6 Å². The Hall–Kier alpha value is -4.08. The molecule has 0 radical (unpaired) electrons. The van der Waals surface area contributed by atoms with Gasteiger partial charge in [0.2, 0.25) is 0 Å². The SMILES string of the molecule is COc1cc(C=Cc2nc3n(n2)CCCC3c2ccc(OC(F)(F)F)cc2)ccc1-n1cnc(C)c1. The molecule has 0 fully saturated rings. The number of ether oxygens (including phenoxy) is 2. The Labute approximate surface area is 205 Å². The number of aromatic nitrogens is 5. The van der Waals surface area contributed by atoms with E-state index in [9.17, 15) is 13.2 Å². The topological polar surface area (TPSA) is 67.0 Å². The van der Waals surface area contributed by atoms with Crippen molar-refractivity contribution in [2.75, 3.05) is 7.11 Å². The molecular formula is C26H24F3N5O2. The van der Waals surface area contributed by atoms with Gasteiger partial charge >= 0.3 is 6.36 Å². The van der Waals surface area contributed by atoms with E-state index >= 15 is 0 Å². The van der Waals surface area contributed by atoms with Crippen LogP contribution in [-0.2, 0) is 6.54 Å². The Morgan fingerprint density at radius 3 is 2.58 bits per heavy atom. The van der Waals surface area contributed by atoms with Gasteiger partial charge in [0.05, 0.1) is 24.8 Å². The van der Waals surface area contributed by atoms with Crippen molar-refractivity contribution in [2.24, 2.45) is 0 Å². The lowest BCUT2D eigenvalue weighted by molar-refractivity contribution is -0.274. The van der Waals surface area contributed by atoms with Crippen molar-refractivity contribution < 1.29 is 22.6 Å². The fourth-order valence-electron chi connectivity index (χ4n) is 4.39. The molecule has 7 nitrogen and oxygen atoms in total. The zero-order valence-corrected chi connectivity index (χ0v) is 19.7. The molecule has 1 aliphatic rings. The summed E-state index contributed by atoms with van der Waals surface area (Å²) in [5.74, 6) is 1.80.